The summed E-state index contributed by atoms with van der Waals surface area (Å²) in [6.45, 7) is 0. The molecule has 0 saturated carbocycles. The maximum atomic E-state index is 13.6. The second-order valence-electron chi connectivity index (χ2n) is 4.70. The largest absolute Gasteiger partial charge is 0.326 e. The number of carbonyl (C=O) groups excluding carboxylic acids is 1. The first-order chi connectivity index (χ1) is 11.1. The van der Waals surface area contributed by atoms with Gasteiger partial charge in [0.1, 0.15) is 17.3 Å². The van der Waals surface area contributed by atoms with Crippen LogP contribution in [-0.4, -0.2) is 6.03 Å². The number of halogens is 2. The Morgan fingerprint density at radius 1 is 1.04 bits per heavy atom. The third-order valence-corrected chi connectivity index (χ3v) is 4.82. The lowest BCUT2D eigenvalue weighted by molar-refractivity contribution is 0.250. The molecule has 0 aliphatic carbocycles. The minimum atomic E-state index is -0.816. The molecule has 2 N–H and O–H groups in total. The lowest BCUT2D eigenvalue weighted by Crippen LogP contribution is -2.33. The highest BCUT2D eigenvalue weighted by atomic mass is 32.1. The number of urea groups is 1. The summed E-state index contributed by atoms with van der Waals surface area (Å²) >= 11 is 3.01. The molecule has 118 valence electrons. The highest BCUT2D eigenvalue weighted by Crippen LogP contribution is 2.28. The van der Waals surface area contributed by atoms with Crippen LogP contribution in [0.1, 0.15) is 16.5 Å². The summed E-state index contributed by atoms with van der Waals surface area (Å²) in [4.78, 5) is 13.1. The van der Waals surface area contributed by atoms with Crippen molar-refractivity contribution in [2.24, 2.45) is 0 Å². The Kier molecular flexibility index (Phi) is 4.68. The van der Waals surface area contributed by atoms with Gasteiger partial charge in [0.25, 0.3) is 0 Å². The van der Waals surface area contributed by atoms with Crippen molar-refractivity contribution >= 4 is 34.4 Å². The van der Waals surface area contributed by atoms with Crippen molar-refractivity contribution in [1.82, 2.24) is 5.32 Å². The number of carbonyl (C=O) groups is 1. The number of thiophene rings is 2. The van der Waals surface area contributed by atoms with Gasteiger partial charge in [0.05, 0.1) is 6.04 Å². The van der Waals surface area contributed by atoms with Gasteiger partial charge in [-0.15, -0.1) is 11.3 Å². The van der Waals surface area contributed by atoms with E-state index in [4.69, 9.17) is 0 Å². The van der Waals surface area contributed by atoms with E-state index in [1.807, 2.05) is 34.3 Å². The van der Waals surface area contributed by atoms with E-state index in [1.165, 1.54) is 28.7 Å². The first-order valence-electron chi connectivity index (χ1n) is 6.72. The summed E-state index contributed by atoms with van der Waals surface area (Å²) in [5.74, 6) is -1.63. The van der Waals surface area contributed by atoms with Crippen LogP contribution in [0.2, 0.25) is 0 Å². The van der Waals surface area contributed by atoms with Crippen LogP contribution < -0.4 is 10.6 Å². The number of nitrogens with one attached hydrogen (secondary N) is 2. The fourth-order valence-electron chi connectivity index (χ4n) is 2.11. The van der Waals surface area contributed by atoms with E-state index in [1.54, 1.807) is 0 Å². The van der Waals surface area contributed by atoms with Gasteiger partial charge in [-0.2, -0.15) is 11.3 Å². The zero-order valence-electron chi connectivity index (χ0n) is 11.8. The standard InChI is InChI=1S/C16H12F2N2OS2/c17-11-3-1-4-12(18)15(11)20-16(21)19-14(10-6-8-22-9-10)13-5-2-7-23-13/h1-9,14H,(H2,19,20,21)/t14-/m1/s1. The van der Waals surface area contributed by atoms with Gasteiger partial charge in [0.15, 0.2) is 0 Å². The van der Waals surface area contributed by atoms with E-state index in [0.717, 1.165) is 22.6 Å². The maximum absolute atomic E-state index is 13.6. The van der Waals surface area contributed by atoms with Gasteiger partial charge in [-0.25, -0.2) is 13.6 Å². The number of hydrogen-bond acceptors (Lipinski definition) is 3. The van der Waals surface area contributed by atoms with Gasteiger partial charge in [0, 0.05) is 4.88 Å². The summed E-state index contributed by atoms with van der Waals surface area (Å²) in [6.07, 6.45) is 0. The van der Waals surface area contributed by atoms with Gasteiger partial charge >= 0.3 is 6.03 Å². The smallest absolute Gasteiger partial charge is 0.320 e. The van der Waals surface area contributed by atoms with Crippen molar-refractivity contribution in [3.05, 3.63) is 74.6 Å². The molecule has 0 saturated heterocycles. The minimum absolute atomic E-state index is 0.365. The third-order valence-electron chi connectivity index (χ3n) is 3.18. The van der Waals surface area contributed by atoms with Crippen LogP contribution in [-0.2, 0) is 0 Å². The van der Waals surface area contributed by atoms with E-state index in [0.29, 0.717) is 0 Å². The van der Waals surface area contributed by atoms with E-state index in [-0.39, 0.29) is 6.04 Å². The van der Waals surface area contributed by atoms with Gasteiger partial charge in [0.2, 0.25) is 0 Å². The number of benzene rings is 1. The molecule has 3 nitrogen and oxygen atoms in total. The normalized spacial score (nSPS) is 11.9. The van der Waals surface area contributed by atoms with Crippen LogP contribution in [0, 0.1) is 11.6 Å². The fourth-order valence-corrected chi connectivity index (χ4v) is 3.60. The monoisotopic (exact) mass is 350 g/mol. The fraction of sp³-hybridized carbons (Fsp3) is 0.0625. The molecule has 3 rings (SSSR count). The third kappa shape index (κ3) is 3.57. The van der Waals surface area contributed by atoms with E-state index in [2.05, 4.69) is 10.6 Å². The predicted molar refractivity (Wildman–Crippen MR) is 89.0 cm³/mol. The SMILES string of the molecule is O=C(Nc1c(F)cccc1F)N[C@H](c1ccsc1)c1cccs1. The first-order valence-corrected chi connectivity index (χ1v) is 8.54. The Labute approximate surface area is 139 Å². The Bertz CT molecular complexity index is 734. The van der Waals surface area contributed by atoms with Crippen molar-refractivity contribution in [1.29, 1.82) is 0 Å². The van der Waals surface area contributed by atoms with E-state index in [9.17, 15) is 13.6 Å². The summed E-state index contributed by atoms with van der Waals surface area (Å²) in [7, 11) is 0. The predicted octanol–water partition coefficient (Wildman–Crippen LogP) is 5.00. The zero-order valence-corrected chi connectivity index (χ0v) is 13.4. The Hall–Kier alpha value is -2.25. The lowest BCUT2D eigenvalue weighted by atomic mass is 10.1. The van der Waals surface area contributed by atoms with Crippen LogP contribution in [0.3, 0.4) is 0 Å². The summed E-state index contributed by atoms with van der Waals surface area (Å²) < 4.78 is 27.2. The molecule has 0 aliphatic heterocycles. The van der Waals surface area contributed by atoms with E-state index < -0.39 is 23.4 Å². The van der Waals surface area contributed by atoms with Gasteiger partial charge in [-0.3, -0.25) is 0 Å². The van der Waals surface area contributed by atoms with Gasteiger partial charge < -0.3 is 10.6 Å². The van der Waals surface area contributed by atoms with Crippen LogP contribution >= 0.6 is 22.7 Å². The van der Waals surface area contributed by atoms with Gasteiger partial charge in [-0.1, -0.05) is 12.1 Å². The Balaban J connectivity index is 1.79. The molecule has 0 radical (unpaired) electrons. The lowest BCUT2D eigenvalue weighted by Gasteiger charge is -2.17. The minimum Gasteiger partial charge on any atom is -0.326 e. The van der Waals surface area contributed by atoms with Crippen molar-refractivity contribution in [3.63, 3.8) is 0 Å². The number of para-hydroxylation sites is 1. The molecule has 3 aromatic rings. The van der Waals surface area contributed by atoms with Crippen LogP contribution in [0.15, 0.2) is 52.5 Å². The molecule has 23 heavy (non-hydrogen) atoms. The molecule has 2 amide bonds. The summed E-state index contributed by atoms with van der Waals surface area (Å²) in [5.41, 5.74) is 0.460. The second kappa shape index (κ2) is 6.89. The molecular formula is C16H12F2N2OS2. The molecule has 0 aliphatic rings. The average molecular weight is 350 g/mol. The maximum Gasteiger partial charge on any atom is 0.320 e. The summed E-state index contributed by atoms with van der Waals surface area (Å²) in [6, 6.07) is 8.08. The number of amides is 2. The van der Waals surface area contributed by atoms with Crippen LogP contribution in [0.5, 0.6) is 0 Å². The van der Waals surface area contributed by atoms with Crippen molar-refractivity contribution in [2.45, 2.75) is 6.04 Å². The molecular weight excluding hydrogens is 338 g/mol. The molecule has 1 atom stereocenters. The molecule has 7 heteroatoms. The van der Waals surface area contributed by atoms with Gasteiger partial charge in [-0.05, 0) is 46.0 Å². The van der Waals surface area contributed by atoms with Crippen molar-refractivity contribution in [2.75, 3.05) is 5.32 Å². The summed E-state index contributed by atoms with van der Waals surface area (Å²) in [5, 5.41) is 10.7. The highest BCUT2D eigenvalue weighted by Gasteiger charge is 2.20. The number of anilines is 1. The number of hydrogen-bond donors (Lipinski definition) is 2. The Morgan fingerprint density at radius 2 is 1.83 bits per heavy atom. The van der Waals surface area contributed by atoms with Crippen molar-refractivity contribution in [3.8, 4) is 0 Å². The quantitative estimate of drug-likeness (QED) is 0.683. The van der Waals surface area contributed by atoms with Crippen LogP contribution in [0.4, 0.5) is 19.3 Å². The number of rotatable bonds is 4. The average Bonchev–Trinajstić information content (AvgIpc) is 3.21. The molecule has 0 unspecified atom stereocenters. The molecule has 2 aromatic heterocycles. The highest BCUT2D eigenvalue weighted by molar-refractivity contribution is 7.10. The molecule has 0 fully saturated rings. The van der Waals surface area contributed by atoms with Crippen molar-refractivity contribution < 1.29 is 13.6 Å². The molecule has 0 bridgehead atoms. The Morgan fingerprint density at radius 3 is 2.43 bits per heavy atom. The zero-order chi connectivity index (χ0) is 16.2. The first kappa shape index (κ1) is 15.6. The molecule has 0 spiro atoms. The second-order valence-corrected chi connectivity index (χ2v) is 6.46. The van der Waals surface area contributed by atoms with Crippen LogP contribution in [0.25, 0.3) is 0 Å². The van der Waals surface area contributed by atoms with E-state index >= 15 is 0 Å². The molecule has 2 heterocycles. The topological polar surface area (TPSA) is 41.1 Å². The molecule has 1 aromatic carbocycles.